The lowest BCUT2D eigenvalue weighted by Crippen LogP contribution is -2.16. The van der Waals surface area contributed by atoms with Gasteiger partial charge in [-0.05, 0) is 177 Å². The Bertz CT molecular complexity index is 5050. The number of nitro benzene ring substituents is 4. The lowest BCUT2D eigenvalue weighted by molar-refractivity contribution is -0.386. The molecule has 8 aromatic carbocycles. The molecule has 8 aromatic rings. The molecular weight excluding hydrogens is 1590 g/mol. The second-order valence-electron chi connectivity index (χ2n) is 28.4. The molecule has 0 saturated heterocycles. The fourth-order valence-electron chi connectivity index (χ4n) is 10.5. The van der Waals surface area contributed by atoms with Crippen molar-refractivity contribution in [2.45, 2.75) is 166 Å². The fraction of sp³-hybridized carbons (Fsp3) is 0.349. The number of rotatable bonds is 41. The van der Waals surface area contributed by atoms with Crippen molar-refractivity contribution >= 4 is 92.8 Å². The van der Waals surface area contributed by atoms with Gasteiger partial charge in [0.1, 0.15) is 23.0 Å². The average molecular weight is 1690 g/mol. The van der Waals surface area contributed by atoms with Crippen LogP contribution < -0.4 is 82.1 Å². The van der Waals surface area contributed by atoms with Crippen LogP contribution in [0.2, 0.25) is 0 Å². The number of nitro groups is 4. The standard InChI is InChI=1S/2C22H27N3O6.2C21H25N3O6/c1-4-5-6-11-30-20-13-16(8-10-18(20)25(28)29)22(27)24-17-9-7-15(21(23)26)12-19(17)31-14(2)3;1-4-6-11-30-19-12-15(21(23)26)7-9-17(19)24-22(27)16-8-10-18(25(28)29)20(13-16)31-14(3)5-2;1-12(2)11-29-18-9-14(20(22)25)5-7-16(18)23-21(26)15-6-8-17(24(27)28)19(10-15)30-13(3)4;1-4-5-10-29-18-11-14(20(22)25)6-8-16(18)23-21(26)15-7-9-17(24(27)28)19(12-15)30-13(2)3/h2*7-10,12-14H,4-6,11H2,1-3H3,(H2,23,26)(H,24,27);5-10,12-13H,11H2,1-4H3,(H2,22,25)(H,23,26);6-9,11-13H,4-5,10H2,1-3H3,(H2,22,25)(H,23,26). The van der Waals surface area contributed by atoms with E-state index in [2.05, 4.69) is 21.3 Å². The van der Waals surface area contributed by atoms with E-state index in [1.54, 1.807) is 48.5 Å². The number of amides is 8. The summed E-state index contributed by atoms with van der Waals surface area (Å²) in [4.78, 5) is 140. The summed E-state index contributed by atoms with van der Waals surface area (Å²) in [5.74, 6) is -2.98. The van der Waals surface area contributed by atoms with Crippen molar-refractivity contribution in [3.63, 3.8) is 0 Å². The van der Waals surface area contributed by atoms with Crippen molar-refractivity contribution in [1.29, 1.82) is 0 Å². The summed E-state index contributed by atoms with van der Waals surface area (Å²) in [7, 11) is 0. The fourth-order valence-corrected chi connectivity index (χ4v) is 10.5. The van der Waals surface area contributed by atoms with E-state index in [1.165, 1.54) is 146 Å². The van der Waals surface area contributed by atoms with E-state index in [9.17, 15) is 78.8 Å². The molecule has 1 atom stereocenters. The Morgan fingerprint density at radius 3 is 0.844 bits per heavy atom. The van der Waals surface area contributed by atoms with Crippen LogP contribution in [0.1, 0.15) is 224 Å². The van der Waals surface area contributed by atoms with Crippen molar-refractivity contribution in [2.24, 2.45) is 28.9 Å². The zero-order valence-electron chi connectivity index (χ0n) is 70.1. The lowest BCUT2D eigenvalue weighted by atomic mass is 10.1. The van der Waals surface area contributed by atoms with Gasteiger partial charge in [0.25, 0.3) is 23.6 Å². The first-order chi connectivity index (χ1) is 57.8. The minimum atomic E-state index is -0.619. The van der Waals surface area contributed by atoms with E-state index >= 15 is 0 Å². The molecule has 0 radical (unpaired) electrons. The molecule has 36 nitrogen and oxygen atoms in total. The molecule has 0 saturated carbocycles. The zero-order chi connectivity index (χ0) is 90.6. The van der Waals surface area contributed by atoms with Gasteiger partial charge in [0, 0.05) is 93.0 Å². The minimum absolute atomic E-state index is 0.00278. The van der Waals surface area contributed by atoms with Crippen LogP contribution in [0, 0.1) is 46.4 Å². The van der Waals surface area contributed by atoms with E-state index < -0.39 is 67.0 Å². The molecule has 12 N–H and O–H groups in total. The highest BCUT2D eigenvalue weighted by atomic mass is 16.6. The molecular formula is C86H104N12O24. The maximum Gasteiger partial charge on any atom is 0.310 e. The first-order valence-corrected chi connectivity index (χ1v) is 39.1. The molecule has 1 unspecified atom stereocenters. The SMILES string of the molecule is CC(C)COc1cc(C(N)=O)ccc1NC(=O)c1ccc([N+](=O)[O-])c(OC(C)C)c1.CCCCCOc1cc(C(=O)Nc2ccc(C(N)=O)cc2OC(C)C)ccc1[N+](=O)[O-].CCCCOc1cc(C(N)=O)ccc1NC(=O)c1ccc([N+](=O)[O-])c(OC(C)C)c1.CCCCOc1cc(C(N)=O)ccc1NC(=O)c1ccc([N+](=O)[O-])c(OC(C)CC)c1. The topological polar surface area (TPSA) is 535 Å². The smallest absolute Gasteiger partial charge is 0.310 e. The maximum absolute atomic E-state index is 12.8. The third kappa shape index (κ3) is 31.1. The number of carbonyl (C=O) groups is 8. The molecule has 0 aromatic heterocycles. The third-order valence-corrected chi connectivity index (χ3v) is 16.8. The molecule has 0 heterocycles. The van der Waals surface area contributed by atoms with Crippen molar-refractivity contribution in [2.75, 3.05) is 47.7 Å². The number of anilines is 4. The van der Waals surface area contributed by atoms with E-state index in [0.717, 1.165) is 44.9 Å². The summed E-state index contributed by atoms with van der Waals surface area (Å²) in [6.07, 6.45) is 5.69. The summed E-state index contributed by atoms with van der Waals surface area (Å²) in [6, 6.07) is 33.5. The van der Waals surface area contributed by atoms with Crippen molar-refractivity contribution in [3.05, 3.63) is 231 Å². The summed E-state index contributed by atoms with van der Waals surface area (Å²) < 4.78 is 45.0. The molecule has 36 heteroatoms. The van der Waals surface area contributed by atoms with Gasteiger partial charge < -0.3 is 82.1 Å². The normalized spacial score (nSPS) is 10.8. The number of primary amides is 4. The maximum atomic E-state index is 12.8. The second-order valence-corrected chi connectivity index (χ2v) is 28.4. The van der Waals surface area contributed by atoms with Crippen molar-refractivity contribution in [3.8, 4) is 46.0 Å². The van der Waals surface area contributed by atoms with Crippen LogP contribution in [0.15, 0.2) is 146 Å². The number of nitrogens with zero attached hydrogens (tertiary/aromatic N) is 4. The monoisotopic (exact) mass is 1690 g/mol. The number of nitrogens with two attached hydrogens (primary N) is 4. The summed E-state index contributed by atoms with van der Waals surface area (Å²) in [5, 5.41) is 55.8. The van der Waals surface area contributed by atoms with E-state index in [-0.39, 0.29) is 126 Å². The molecule has 0 aliphatic heterocycles. The number of nitrogens with one attached hydrogen (secondary N) is 4. The summed E-state index contributed by atoms with van der Waals surface area (Å²) in [5.41, 5.74) is 23.5. The molecule has 8 rings (SSSR count). The average Bonchev–Trinajstić information content (AvgIpc) is 0.827. The van der Waals surface area contributed by atoms with Crippen LogP contribution >= 0.6 is 0 Å². The first-order valence-electron chi connectivity index (χ1n) is 39.1. The molecule has 122 heavy (non-hydrogen) atoms. The predicted octanol–water partition coefficient (Wildman–Crippen LogP) is 16.3. The van der Waals surface area contributed by atoms with Crippen molar-refractivity contribution < 1.29 is 95.9 Å². The van der Waals surface area contributed by atoms with Crippen LogP contribution in [-0.2, 0) is 0 Å². The van der Waals surface area contributed by atoms with Gasteiger partial charge in [-0.3, -0.25) is 78.8 Å². The Morgan fingerprint density at radius 2 is 0.557 bits per heavy atom. The third-order valence-electron chi connectivity index (χ3n) is 16.8. The number of hydrogen-bond donors (Lipinski definition) is 8. The van der Waals surface area contributed by atoms with Gasteiger partial charge in [0.2, 0.25) is 23.6 Å². The molecule has 0 fully saturated rings. The van der Waals surface area contributed by atoms with Gasteiger partial charge in [0.15, 0.2) is 23.0 Å². The van der Waals surface area contributed by atoms with Gasteiger partial charge in [-0.25, -0.2) is 0 Å². The molecule has 8 amide bonds. The highest BCUT2D eigenvalue weighted by molar-refractivity contribution is 6.09. The largest absolute Gasteiger partial charge is 0.491 e. The van der Waals surface area contributed by atoms with E-state index in [4.69, 9.17) is 60.8 Å². The second kappa shape index (κ2) is 48.4. The zero-order valence-corrected chi connectivity index (χ0v) is 70.1. The van der Waals surface area contributed by atoms with Gasteiger partial charge in [-0.15, -0.1) is 0 Å². The number of benzene rings is 8. The summed E-state index contributed by atoms with van der Waals surface area (Å²) >= 11 is 0. The van der Waals surface area contributed by atoms with Gasteiger partial charge >= 0.3 is 22.7 Å². The molecule has 652 valence electrons. The summed E-state index contributed by atoms with van der Waals surface area (Å²) in [6.45, 7) is 25.7. The predicted molar refractivity (Wildman–Crippen MR) is 458 cm³/mol. The van der Waals surface area contributed by atoms with E-state index in [0.29, 0.717) is 72.8 Å². The molecule has 0 aliphatic carbocycles. The van der Waals surface area contributed by atoms with Crippen LogP contribution in [0.3, 0.4) is 0 Å². The number of unbranched alkanes of at least 4 members (excludes halogenated alkanes) is 4. The number of hydrogen-bond acceptors (Lipinski definition) is 24. The quantitative estimate of drug-likeness (QED) is 0.0100. The molecule has 0 spiro atoms. The van der Waals surface area contributed by atoms with Gasteiger partial charge in [0.05, 0.1) is 93.3 Å². The van der Waals surface area contributed by atoms with Gasteiger partial charge in [-0.2, -0.15) is 0 Å². The lowest BCUT2D eigenvalue weighted by Gasteiger charge is -2.16. The number of ether oxygens (including phenoxy) is 8. The van der Waals surface area contributed by atoms with Crippen LogP contribution in [0.4, 0.5) is 45.5 Å². The Morgan fingerprint density at radius 1 is 0.311 bits per heavy atom. The Hall–Kier alpha value is -14.5. The van der Waals surface area contributed by atoms with Crippen LogP contribution in [-0.4, -0.2) is 118 Å². The van der Waals surface area contributed by atoms with Crippen molar-refractivity contribution in [1.82, 2.24) is 0 Å². The highest BCUT2D eigenvalue weighted by Crippen LogP contribution is 2.37. The Balaban J connectivity index is 0.000000289. The van der Waals surface area contributed by atoms with Crippen LogP contribution in [0.5, 0.6) is 46.0 Å². The first kappa shape index (κ1) is 98.1. The molecule has 0 bridgehead atoms. The van der Waals surface area contributed by atoms with Gasteiger partial charge in [-0.1, -0.05) is 67.2 Å². The Labute approximate surface area is 704 Å². The van der Waals surface area contributed by atoms with Crippen LogP contribution in [0.25, 0.3) is 0 Å². The Kier molecular flexibility index (Phi) is 38.9. The molecule has 0 aliphatic rings. The minimum Gasteiger partial charge on any atom is -0.491 e. The highest BCUT2D eigenvalue weighted by Gasteiger charge is 2.27. The number of carbonyl (C=O) groups excluding carboxylic acids is 8. The van der Waals surface area contributed by atoms with E-state index in [1.807, 2.05) is 41.5 Å².